The maximum absolute atomic E-state index is 14.2. The number of phenols is 1. The van der Waals surface area contributed by atoms with Crippen LogP contribution in [0.15, 0.2) is 119 Å². The van der Waals surface area contributed by atoms with Crippen LogP contribution in [0, 0.1) is 29.8 Å². The number of allylic oxidation sites excluding steroid dienone is 4. The van der Waals surface area contributed by atoms with Gasteiger partial charge in [-0.2, -0.15) is 0 Å². The molecule has 11 rings (SSSR count). The summed E-state index contributed by atoms with van der Waals surface area (Å²) in [5, 5.41) is 62.3. The Labute approximate surface area is 421 Å². The Bertz CT molecular complexity index is 3000. The predicted molar refractivity (Wildman–Crippen MR) is 281 cm³/mol. The smallest absolute Gasteiger partial charge is 0.192 e. The van der Waals surface area contributed by atoms with Gasteiger partial charge in [0.15, 0.2) is 23.7 Å². The molecule has 6 aliphatic rings. The Morgan fingerprint density at radius 3 is 2.61 bits per heavy atom. The van der Waals surface area contributed by atoms with Crippen molar-refractivity contribution < 1.29 is 44.5 Å². The molecule has 10 bridgehead atoms. The van der Waals surface area contributed by atoms with E-state index in [4.69, 9.17) is 19.9 Å². The number of guanidine groups is 1. The lowest BCUT2D eigenvalue weighted by Gasteiger charge is -2.32. The Balaban J connectivity index is 1.17. The number of aliphatic hydroxyl groups is 4. The summed E-state index contributed by atoms with van der Waals surface area (Å²) in [6.45, 7) is 2.01. The molecule has 12 heteroatoms. The first kappa shape index (κ1) is 49.9. The van der Waals surface area contributed by atoms with Crippen LogP contribution in [0.4, 0.5) is 5.69 Å². The molecule has 2 aliphatic carbocycles. The number of aliphatic hydroxyl groups excluding tert-OH is 3. The fourth-order valence-electron chi connectivity index (χ4n) is 11.3. The number of hydrogen-bond donors (Lipinski definition) is 7. The largest absolute Gasteiger partial charge is 0.508 e. The van der Waals surface area contributed by atoms with Crippen molar-refractivity contribution in [2.45, 2.75) is 101 Å². The molecule has 8 N–H and O–H groups in total. The number of fused-ring (bicyclic) bond motifs is 8. The molecule has 0 spiro atoms. The molecule has 0 saturated carbocycles. The number of hydrogen-bond acceptors (Lipinski definition) is 10. The van der Waals surface area contributed by atoms with Gasteiger partial charge in [0.1, 0.15) is 36.1 Å². The van der Waals surface area contributed by atoms with Crippen molar-refractivity contribution in [3.8, 4) is 29.3 Å². The first-order valence-corrected chi connectivity index (χ1v) is 25.1. The third-order valence-corrected chi connectivity index (χ3v) is 15.2. The van der Waals surface area contributed by atoms with Gasteiger partial charge < -0.3 is 50.8 Å². The number of benzene rings is 5. The Hall–Kier alpha value is -7.04. The van der Waals surface area contributed by atoms with E-state index in [1.165, 1.54) is 0 Å². The zero-order valence-electron chi connectivity index (χ0n) is 41.2. The average molecular weight is 972 g/mol. The van der Waals surface area contributed by atoms with Gasteiger partial charge in [-0.3, -0.25) is 9.79 Å². The van der Waals surface area contributed by atoms with Crippen LogP contribution in [0.3, 0.4) is 0 Å². The van der Waals surface area contributed by atoms with Crippen LogP contribution in [0.2, 0.25) is 0 Å². The summed E-state index contributed by atoms with van der Waals surface area (Å²) in [6.07, 6.45) is 12.7. The summed E-state index contributed by atoms with van der Waals surface area (Å²) in [5.41, 5.74) is 13.4. The fraction of sp³-hybridized carbons (Fsp3) is 0.367. The summed E-state index contributed by atoms with van der Waals surface area (Å²) in [7, 11) is 3.19. The van der Waals surface area contributed by atoms with Gasteiger partial charge >= 0.3 is 0 Å². The molecule has 72 heavy (non-hydrogen) atoms. The van der Waals surface area contributed by atoms with Gasteiger partial charge in [0.2, 0.25) is 0 Å². The molecule has 7 atom stereocenters. The molecular weight excluding hydrogens is 907 g/mol. The topological polar surface area (TPSA) is 196 Å². The van der Waals surface area contributed by atoms with Crippen molar-refractivity contribution in [2.24, 2.45) is 28.5 Å². The summed E-state index contributed by atoms with van der Waals surface area (Å²) < 4.78 is 18.9. The molecule has 7 unspecified atom stereocenters. The molecule has 374 valence electrons. The molecule has 0 saturated heterocycles. The molecule has 4 heterocycles. The number of anilines is 1. The number of aliphatic imine (C=N–C) groups is 1. The van der Waals surface area contributed by atoms with Crippen molar-refractivity contribution in [3.05, 3.63) is 159 Å². The number of phenolic OH excluding ortho intramolecular Hbond substituents is 1. The van der Waals surface area contributed by atoms with E-state index >= 15 is 0 Å². The molecule has 0 radical (unpaired) electrons. The van der Waals surface area contributed by atoms with E-state index in [1.54, 1.807) is 20.2 Å². The number of nitrogens with zero attached hydrogens (tertiary/aromatic N) is 1. The fourth-order valence-corrected chi connectivity index (χ4v) is 11.3. The van der Waals surface area contributed by atoms with Crippen LogP contribution >= 0.6 is 0 Å². The number of rotatable bonds is 10. The number of methoxy groups -OCH3 is 1. The lowest BCUT2D eigenvalue weighted by atomic mass is 9.72. The second kappa shape index (κ2) is 22.2. The maximum atomic E-state index is 14.2. The minimum Gasteiger partial charge on any atom is -0.508 e. The molecule has 0 aromatic heterocycles. The van der Waals surface area contributed by atoms with Gasteiger partial charge in [-0.05, 0) is 149 Å². The molecule has 12 nitrogen and oxygen atoms in total. The molecule has 5 aromatic carbocycles. The van der Waals surface area contributed by atoms with Crippen LogP contribution < -0.4 is 20.5 Å². The number of aromatic hydroxyl groups is 1. The number of nitrogens with one attached hydrogen (secondary N) is 1. The second-order valence-corrected chi connectivity index (χ2v) is 19.8. The number of Topliss-reactive ketones (excluding diaryl/α,β-unsaturated/α-hetero) is 1. The summed E-state index contributed by atoms with van der Waals surface area (Å²) in [5.74, 6) is 3.30. The predicted octanol–water partition coefficient (Wildman–Crippen LogP) is 10.2. The van der Waals surface area contributed by atoms with E-state index in [0.717, 1.165) is 50.9 Å². The highest BCUT2D eigenvalue weighted by atomic mass is 16.5. The standard InChI is InChI=1S/C60H65N3O9/c1-35-12-19-47-52-34-72-56-26-37(16-21-55(56)70-3)15-18-44(65)30-45-28-42-29-53(66)40(27-41(42)24-38(33-64)14-13-36-8-7-11-43(25-36)63-60(61)62-2)17-20-46(39-9-5-4-6-10-39)48(22-23-71-45)58-51(31-50(52)59(68)69)57(47)49(35)32-54(58)67/h4-12,16,19,21,25-27,29,31-32,35,38,41-42,45-46,48,59,64,66-69H,13-15,17-18,20,24,28,30,33-34H2,1-3H3,(H3,61,62,63). The lowest BCUT2D eigenvalue weighted by molar-refractivity contribution is -0.121. The second-order valence-electron chi connectivity index (χ2n) is 19.8. The molecule has 5 aromatic rings. The van der Waals surface area contributed by atoms with Gasteiger partial charge in [0.25, 0.3) is 0 Å². The highest BCUT2D eigenvalue weighted by Gasteiger charge is 2.35. The number of aryl methyl sites for hydroxylation is 2. The van der Waals surface area contributed by atoms with Crippen molar-refractivity contribution in [3.63, 3.8) is 0 Å². The van der Waals surface area contributed by atoms with Gasteiger partial charge in [-0.25, -0.2) is 0 Å². The van der Waals surface area contributed by atoms with Crippen molar-refractivity contribution in [2.75, 3.05) is 26.1 Å². The van der Waals surface area contributed by atoms with E-state index in [9.17, 15) is 30.3 Å². The number of carbonyl (C=O) groups is 1. The van der Waals surface area contributed by atoms with Gasteiger partial charge in [0.05, 0.1) is 13.0 Å². The summed E-state index contributed by atoms with van der Waals surface area (Å²) >= 11 is 0. The normalized spacial score (nSPS) is 22.5. The quantitative estimate of drug-likeness (QED) is 0.0305. The van der Waals surface area contributed by atoms with E-state index in [2.05, 4.69) is 41.4 Å². The van der Waals surface area contributed by atoms with Gasteiger partial charge in [0, 0.05) is 60.7 Å². The Morgan fingerprint density at radius 1 is 1.00 bits per heavy atom. The highest BCUT2D eigenvalue weighted by molar-refractivity contribution is 6.01. The minimum absolute atomic E-state index is 0.0108. The van der Waals surface area contributed by atoms with Crippen molar-refractivity contribution in [1.82, 2.24) is 0 Å². The van der Waals surface area contributed by atoms with E-state index in [-0.39, 0.29) is 78.5 Å². The Morgan fingerprint density at radius 2 is 1.83 bits per heavy atom. The monoisotopic (exact) mass is 971 g/mol. The van der Waals surface area contributed by atoms with Crippen molar-refractivity contribution >= 4 is 34.3 Å². The highest BCUT2D eigenvalue weighted by Crippen LogP contribution is 2.50. The molecular formula is C60H65N3O9. The van der Waals surface area contributed by atoms with Crippen LogP contribution in [-0.2, 0) is 29.0 Å². The summed E-state index contributed by atoms with van der Waals surface area (Å²) in [4.78, 5) is 18.2. The van der Waals surface area contributed by atoms with Gasteiger partial charge in [-0.15, -0.1) is 0 Å². The average Bonchev–Trinajstić information content (AvgIpc) is 3.39. The summed E-state index contributed by atoms with van der Waals surface area (Å²) in [6, 6.07) is 27.1. The van der Waals surface area contributed by atoms with Crippen LogP contribution in [0.5, 0.6) is 17.2 Å². The minimum atomic E-state index is -1.89. The third kappa shape index (κ3) is 10.9. The van der Waals surface area contributed by atoms with Crippen molar-refractivity contribution in [1.29, 1.82) is 0 Å². The molecule has 0 fully saturated rings. The SMILES string of the molecule is CN=C(N)Nc1cccc(CCC(CO)CC2C=C3CCC(c4ccccc4)C4C#COC(CC(=O)CCc5ccc(OC)c(c5)OCc5c(C(O)O)cc6c4c(O)cc4c6c5C=CC4C)CC2C=C3O)c1. The van der Waals surface area contributed by atoms with Gasteiger partial charge in [-0.1, -0.05) is 79.6 Å². The van der Waals surface area contributed by atoms with E-state index in [1.807, 2.05) is 91.0 Å². The Kier molecular flexibility index (Phi) is 15.4. The van der Waals surface area contributed by atoms with Crippen LogP contribution in [0.1, 0.15) is 120 Å². The van der Waals surface area contributed by atoms with E-state index in [0.29, 0.717) is 72.5 Å². The van der Waals surface area contributed by atoms with E-state index < -0.39 is 18.3 Å². The number of nitrogens with two attached hydrogens (primary N) is 1. The molecule has 4 aliphatic heterocycles. The zero-order chi connectivity index (χ0) is 50.5. The zero-order valence-corrected chi connectivity index (χ0v) is 41.2. The number of carbonyl (C=O) groups excluding carboxylic acids is 1. The molecule has 0 amide bonds. The maximum Gasteiger partial charge on any atom is 0.192 e. The third-order valence-electron chi connectivity index (χ3n) is 15.2. The first-order chi connectivity index (χ1) is 34.9. The lowest BCUT2D eigenvalue weighted by Crippen LogP contribution is -2.27. The van der Waals surface area contributed by atoms with Crippen LogP contribution in [0.25, 0.3) is 16.8 Å². The number of ether oxygens (including phenoxy) is 3. The number of ketones is 1. The first-order valence-electron chi connectivity index (χ1n) is 25.1. The van der Waals surface area contributed by atoms with Crippen LogP contribution in [-0.4, -0.2) is 64.1 Å².